The van der Waals surface area contributed by atoms with Crippen molar-refractivity contribution in [1.82, 2.24) is 0 Å². The Morgan fingerprint density at radius 3 is 2.15 bits per heavy atom. The minimum absolute atomic E-state index is 0.292. The molecule has 0 amide bonds. The first-order chi connectivity index (χ1) is 21.8. The van der Waals surface area contributed by atoms with Crippen molar-refractivity contribution >= 4 is 17.9 Å². The van der Waals surface area contributed by atoms with Gasteiger partial charge in [-0.05, 0) is 86.1 Å². The van der Waals surface area contributed by atoms with Gasteiger partial charge in [0.1, 0.15) is 17.3 Å². The highest BCUT2D eigenvalue weighted by Gasteiger charge is 2.81. The average Bonchev–Trinajstić information content (AvgIpc) is 3.81. The lowest BCUT2D eigenvalue weighted by molar-refractivity contribution is -0.341. The van der Waals surface area contributed by atoms with E-state index in [9.17, 15) is 24.6 Å². The zero-order valence-electron chi connectivity index (χ0n) is 29.6. The molecule has 2 N–H and O–H groups in total. The highest BCUT2D eigenvalue weighted by Crippen LogP contribution is 2.70. The molecule has 4 rings (SSSR count). The van der Waals surface area contributed by atoms with Crippen LogP contribution in [-0.2, 0) is 42.8 Å². The molecule has 4 fully saturated rings. The third kappa shape index (κ3) is 6.34. The maximum Gasteiger partial charge on any atom is 0.333 e. The van der Waals surface area contributed by atoms with Crippen LogP contribution >= 0.6 is 0 Å². The van der Waals surface area contributed by atoms with Gasteiger partial charge < -0.3 is 38.6 Å². The van der Waals surface area contributed by atoms with Crippen LogP contribution in [0.1, 0.15) is 101 Å². The molecule has 11 atom stereocenters. The Morgan fingerprint density at radius 2 is 1.60 bits per heavy atom. The monoisotopic (exact) mass is 662 g/mol. The molecule has 4 aliphatic rings. The van der Waals surface area contributed by atoms with E-state index in [1.165, 1.54) is 0 Å². The molecule has 264 valence electrons. The third-order valence-electron chi connectivity index (χ3n) is 11.3. The van der Waals surface area contributed by atoms with Crippen molar-refractivity contribution in [2.75, 3.05) is 0 Å². The molecular weight excluding hydrogens is 608 g/mol. The maximum atomic E-state index is 13.3. The van der Waals surface area contributed by atoms with Crippen LogP contribution in [0, 0.1) is 11.3 Å². The minimum Gasteiger partial charge on any atom is -0.454 e. The van der Waals surface area contributed by atoms with Crippen LogP contribution < -0.4 is 0 Å². The molecule has 47 heavy (non-hydrogen) atoms. The summed E-state index contributed by atoms with van der Waals surface area (Å²) in [5, 5.41) is 23.1. The van der Waals surface area contributed by atoms with E-state index in [1.807, 2.05) is 6.92 Å². The Balaban J connectivity index is 1.72. The van der Waals surface area contributed by atoms with Gasteiger partial charge in [-0.25, -0.2) is 9.59 Å². The van der Waals surface area contributed by atoms with Crippen LogP contribution in [0.2, 0.25) is 0 Å². The average molecular weight is 663 g/mol. The summed E-state index contributed by atoms with van der Waals surface area (Å²) in [6.45, 7) is 21.5. The SMILES string of the molecule is C=C1C(O)CC[C@@]2(C)CC[C@@](O)(C(C)(C)O[C@@H]3O[C@H](C)[C@H](OC(=O)/C(C)=C\C)[C@H](OC(=O)C(C)CC)[C@H]3OC(=O)/C(C)=C\C)[C@@H]3O[C@@]132. The Bertz CT molecular complexity index is 1320. The first kappa shape index (κ1) is 37.3. The minimum atomic E-state index is -1.57. The first-order valence-corrected chi connectivity index (χ1v) is 16.8. The largest absolute Gasteiger partial charge is 0.454 e. The Kier molecular flexibility index (Phi) is 10.6. The summed E-state index contributed by atoms with van der Waals surface area (Å²) in [4.78, 5) is 39.5. The fourth-order valence-electron chi connectivity index (χ4n) is 7.23. The zero-order chi connectivity index (χ0) is 35.3. The summed E-state index contributed by atoms with van der Waals surface area (Å²) in [6.07, 6.45) is -1.64. The summed E-state index contributed by atoms with van der Waals surface area (Å²) < 4.78 is 37.1. The lowest BCUT2D eigenvalue weighted by atomic mass is 9.53. The molecular formula is C36H54O11. The zero-order valence-corrected chi connectivity index (χ0v) is 29.6. The van der Waals surface area contributed by atoms with Gasteiger partial charge in [0.25, 0.3) is 0 Å². The van der Waals surface area contributed by atoms with Crippen molar-refractivity contribution in [1.29, 1.82) is 0 Å². The molecule has 2 unspecified atom stereocenters. The van der Waals surface area contributed by atoms with Crippen LogP contribution in [0.4, 0.5) is 0 Å². The van der Waals surface area contributed by atoms with E-state index in [4.69, 9.17) is 28.4 Å². The van der Waals surface area contributed by atoms with E-state index in [2.05, 4.69) is 13.5 Å². The molecule has 0 bridgehead atoms. The van der Waals surface area contributed by atoms with Crippen molar-refractivity contribution in [2.45, 2.75) is 161 Å². The van der Waals surface area contributed by atoms with E-state index in [0.29, 0.717) is 42.4 Å². The van der Waals surface area contributed by atoms with Gasteiger partial charge in [0.2, 0.25) is 0 Å². The highest BCUT2D eigenvalue weighted by atomic mass is 16.7. The lowest BCUT2D eigenvalue weighted by Gasteiger charge is -2.54. The second-order valence-electron chi connectivity index (χ2n) is 14.5. The molecule has 2 saturated heterocycles. The fraction of sp³-hybridized carbons (Fsp3) is 0.750. The van der Waals surface area contributed by atoms with Gasteiger partial charge in [-0.15, -0.1) is 0 Å². The number of carbonyl (C=O) groups is 3. The molecule has 11 heteroatoms. The van der Waals surface area contributed by atoms with E-state index < -0.39 is 83.5 Å². The number of aliphatic hydroxyl groups excluding tert-OH is 1. The van der Waals surface area contributed by atoms with Crippen molar-refractivity contribution in [3.63, 3.8) is 0 Å². The van der Waals surface area contributed by atoms with Gasteiger partial charge in [0.15, 0.2) is 24.6 Å². The molecule has 0 aromatic rings. The van der Waals surface area contributed by atoms with Crippen molar-refractivity contribution in [3.8, 4) is 0 Å². The molecule has 1 spiro atoms. The number of hydrogen-bond donors (Lipinski definition) is 2. The van der Waals surface area contributed by atoms with E-state index in [0.717, 1.165) is 6.42 Å². The van der Waals surface area contributed by atoms with Gasteiger partial charge in [0.05, 0.1) is 23.7 Å². The molecule has 2 aliphatic heterocycles. The Hall–Kier alpha value is -2.57. The number of aliphatic hydroxyl groups is 2. The Labute approximate surface area is 278 Å². The first-order valence-electron chi connectivity index (χ1n) is 16.8. The van der Waals surface area contributed by atoms with Gasteiger partial charge in [0, 0.05) is 16.6 Å². The number of epoxide rings is 1. The van der Waals surface area contributed by atoms with Crippen LogP contribution in [0.25, 0.3) is 0 Å². The number of esters is 3. The summed E-state index contributed by atoms with van der Waals surface area (Å²) in [5.74, 6) is -2.40. The van der Waals surface area contributed by atoms with Crippen molar-refractivity contribution < 1.29 is 53.0 Å². The van der Waals surface area contributed by atoms with Crippen LogP contribution in [0.5, 0.6) is 0 Å². The van der Waals surface area contributed by atoms with Gasteiger partial charge in [-0.1, -0.05) is 39.5 Å². The molecule has 0 aromatic heterocycles. The summed E-state index contributed by atoms with van der Waals surface area (Å²) in [5.41, 5.74) is -2.99. The number of ether oxygens (including phenoxy) is 6. The standard InChI is InChI=1S/C36H54O11/c1-12-19(4)28(38)43-25-23(8)42-31(27(45-30(40)21(6)14-3)26(25)44-29(39)20(5)13-2)46-33(9,10)35(41)18-17-34(11)16-15-24(37)22(7)36(34)32(35)47-36/h12,14,20,23-27,31-32,37,41H,7,13,15-18H2,1-6,8-11H3/b19-12-,21-14-/t20?,23-,24?,25+,26+,27-,31+,32+,34+,35+,36+/m1/s1. The summed E-state index contributed by atoms with van der Waals surface area (Å²) in [6, 6.07) is 0. The quantitative estimate of drug-likeness (QED) is 0.111. The van der Waals surface area contributed by atoms with Gasteiger partial charge >= 0.3 is 17.9 Å². The number of rotatable bonds is 10. The predicted molar refractivity (Wildman–Crippen MR) is 172 cm³/mol. The number of allylic oxidation sites excluding steroid dienone is 2. The predicted octanol–water partition coefficient (Wildman–Crippen LogP) is 4.62. The van der Waals surface area contributed by atoms with E-state index in [1.54, 1.807) is 67.5 Å². The normalized spacial score (nSPS) is 39.7. The van der Waals surface area contributed by atoms with Crippen LogP contribution in [0.3, 0.4) is 0 Å². The van der Waals surface area contributed by atoms with Gasteiger partial charge in [-0.2, -0.15) is 0 Å². The number of carbonyl (C=O) groups excluding carboxylic acids is 3. The number of hydrogen-bond acceptors (Lipinski definition) is 11. The van der Waals surface area contributed by atoms with Crippen LogP contribution in [0.15, 0.2) is 35.5 Å². The van der Waals surface area contributed by atoms with E-state index in [-0.39, 0.29) is 5.41 Å². The van der Waals surface area contributed by atoms with Crippen molar-refractivity contribution in [3.05, 3.63) is 35.5 Å². The second-order valence-corrected chi connectivity index (χ2v) is 14.5. The van der Waals surface area contributed by atoms with Gasteiger partial charge in [-0.3, -0.25) is 4.79 Å². The summed E-state index contributed by atoms with van der Waals surface area (Å²) >= 11 is 0. The molecule has 2 saturated carbocycles. The smallest absolute Gasteiger partial charge is 0.333 e. The molecule has 0 aromatic carbocycles. The molecule has 2 aliphatic carbocycles. The fourth-order valence-corrected chi connectivity index (χ4v) is 7.23. The third-order valence-corrected chi connectivity index (χ3v) is 11.3. The second kappa shape index (κ2) is 13.4. The van der Waals surface area contributed by atoms with E-state index >= 15 is 0 Å². The molecule has 11 nitrogen and oxygen atoms in total. The molecule has 2 heterocycles. The molecule has 0 radical (unpaired) electrons. The topological polar surface area (TPSA) is 150 Å². The Morgan fingerprint density at radius 1 is 1.02 bits per heavy atom. The van der Waals surface area contributed by atoms with Crippen LogP contribution in [-0.4, -0.2) is 87.8 Å². The highest BCUT2D eigenvalue weighted by molar-refractivity contribution is 5.88. The lowest BCUT2D eigenvalue weighted by Crippen LogP contribution is -2.67. The maximum absolute atomic E-state index is 13.3. The summed E-state index contributed by atoms with van der Waals surface area (Å²) in [7, 11) is 0. The van der Waals surface area contributed by atoms with Crippen molar-refractivity contribution in [2.24, 2.45) is 11.3 Å².